The first-order valence-corrected chi connectivity index (χ1v) is 6.89. The molecule has 106 valence electrons. The number of halogens is 1. The fraction of sp³-hybridized carbons (Fsp3) is 0.294. The predicted octanol–water partition coefficient (Wildman–Crippen LogP) is 4.08. The van der Waals surface area contributed by atoms with Crippen LogP contribution in [0.5, 0.6) is 5.75 Å². The molecule has 0 spiro atoms. The highest BCUT2D eigenvalue weighted by Gasteiger charge is 2.03. The largest absolute Gasteiger partial charge is 0.489 e. The van der Waals surface area contributed by atoms with Crippen LogP contribution in [0.25, 0.3) is 0 Å². The first kappa shape index (κ1) is 14.5. The summed E-state index contributed by atoms with van der Waals surface area (Å²) in [7, 11) is 0. The summed E-state index contributed by atoms with van der Waals surface area (Å²) >= 11 is 0. The minimum atomic E-state index is -0.235. The first-order chi connectivity index (χ1) is 9.69. The predicted molar refractivity (Wildman–Crippen MR) is 79.3 cm³/mol. The van der Waals surface area contributed by atoms with Gasteiger partial charge in [-0.3, -0.25) is 0 Å². The maximum atomic E-state index is 13.0. The third kappa shape index (κ3) is 4.07. The van der Waals surface area contributed by atoms with Gasteiger partial charge in [0.25, 0.3) is 0 Å². The van der Waals surface area contributed by atoms with Gasteiger partial charge in [0.15, 0.2) is 0 Å². The zero-order chi connectivity index (χ0) is 14.4. The van der Waals surface area contributed by atoms with Crippen molar-refractivity contribution in [1.29, 1.82) is 0 Å². The van der Waals surface area contributed by atoms with Gasteiger partial charge in [-0.05, 0) is 48.9 Å². The van der Waals surface area contributed by atoms with E-state index in [1.165, 1.54) is 17.7 Å². The van der Waals surface area contributed by atoms with E-state index in [2.05, 4.69) is 19.2 Å². The van der Waals surface area contributed by atoms with Gasteiger partial charge in [-0.25, -0.2) is 4.39 Å². The highest BCUT2D eigenvalue weighted by atomic mass is 19.1. The lowest BCUT2D eigenvalue weighted by Crippen LogP contribution is -2.17. The van der Waals surface area contributed by atoms with Crippen LogP contribution >= 0.6 is 0 Å². The Labute approximate surface area is 119 Å². The van der Waals surface area contributed by atoms with Crippen molar-refractivity contribution >= 4 is 0 Å². The molecular weight excluding hydrogens is 253 g/mol. The van der Waals surface area contributed by atoms with Gasteiger partial charge < -0.3 is 10.1 Å². The van der Waals surface area contributed by atoms with E-state index in [0.717, 1.165) is 17.9 Å². The van der Waals surface area contributed by atoms with E-state index in [4.69, 9.17) is 4.74 Å². The molecule has 2 aromatic rings. The molecule has 0 bridgehead atoms. The second kappa shape index (κ2) is 7.06. The molecule has 0 saturated heterocycles. The number of hydrogen-bond donors (Lipinski definition) is 1. The van der Waals surface area contributed by atoms with Crippen LogP contribution in [-0.4, -0.2) is 6.54 Å². The molecule has 2 aromatic carbocycles. The zero-order valence-corrected chi connectivity index (χ0v) is 11.9. The van der Waals surface area contributed by atoms with Crippen LogP contribution in [0.2, 0.25) is 0 Å². The summed E-state index contributed by atoms with van der Waals surface area (Å²) in [6.45, 7) is 5.54. The summed E-state index contributed by atoms with van der Waals surface area (Å²) in [5, 5.41) is 3.36. The minimum absolute atomic E-state index is 0.235. The van der Waals surface area contributed by atoms with E-state index in [-0.39, 0.29) is 5.82 Å². The second-order valence-electron chi connectivity index (χ2n) is 4.77. The Bertz CT molecular complexity index is 539. The fourth-order valence-corrected chi connectivity index (χ4v) is 2.07. The average molecular weight is 273 g/mol. The van der Waals surface area contributed by atoms with Gasteiger partial charge in [-0.2, -0.15) is 0 Å². The van der Waals surface area contributed by atoms with Crippen molar-refractivity contribution in [3.63, 3.8) is 0 Å². The molecule has 0 heterocycles. The van der Waals surface area contributed by atoms with E-state index in [1.54, 1.807) is 6.07 Å². The molecule has 0 aliphatic rings. The van der Waals surface area contributed by atoms with Gasteiger partial charge in [0.05, 0.1) is 0 Å². The van der Waals surface area contributed by atoms with Crippen molar-refractivity contribution in [1.82, 2.24) is 5.32 Å². The third-order valence-corrected chi connectivity index (χ3v) is 3.18. The van der Waals surface area contributed by atoms with Gasteiger partial charge in [0.2, 0.25) is 0 Å². The molecule has 0 aliphatic heterocycles. The van der Waals surface area contributed by atoms with Crippen LogP contribution in [0.15, 0.2) is 48.5 Å². The molecule has 0 radical (unpaired) electrons. The highest BCUT2D eigenvalue weighted by molar-refractivity contribution is 5.29. The monoisotopic (exact) mass is 273 g/mol. The molecule has 0 amide bonds. The molecule has 0 fully saturated rings. The van der Waals surface area contributed by atoms with Gasteiger partial charge in [0, 0.05) is 6.04 Å². The number of benzene rings is 2. The van der Waals surface area contributed by atoms with Gasteiger partial charge in [-0.15, -0.1) is 0 Å². The lowest BCUT2D eigenvalue weighted by Gasteiger charge is -2.13. The van der Waals surface area contributed by atoms with E-state index in [9.17, 15) is 4.39 Å². The Morgan fingerprint density at radius 2 is 1.90 bits per heavy atom. The second-order valence-corrected chi connectivity index (χ2v) is 4.77. The standard InChI is InChI=1S/C17H20FNO/c1-3-19-13(2)15-7-9-17(10-8-15)20-12-14-5-4-6-16(18)11-14/h4-11,13,19H,3,12H2,1-2H3. The SMILES string of the molecule is CCNC(C)c1ccc(OCc2cccc(F)c2)cc1. The van der Waals surface area contributed by atoms with E-state index in [0.29, 0.717) is 12.6 Å². The van der Waals surface area contributed by atoms with Crippen LogP contribution < -0.4 is 10.1 Å². The molecule has 1 atom stereocenters. The first-order valence-electron chi connectivity index (χ1n) is 6.89. The van der Waals surface area contributed by atoms with Gasteiger partial charge in [0.1, 0.15) is 18.2 Å². The number of hydrogen-bond acceptors (Lipinski definition) is 2. The van der Waals surface area contributed by atoms with E-state index < -0.39 is 0 Å². The number of ether oxygens (including phenoxy) is 1. The third-order valence-electron chi connectivity index (χ3n) is 3.18. The molecular formula is C17H20FNO. The smallest absolute Gasteiger partial charge is 0.123 e. The Hall–Kier alpha value is -1.87. The summed E-state index contributed by atoms with van der Waals surface area (Å²) in [5.41, 5.74) is 2.06. The van der Waals surface area contributed by atoms with Crippen molar-refractivity contribution in [3.8, 4) is 5.75 Å². The minimum Gasteiger partial charge on any atom is -0.489 e. The highest BCUT2D eigenvalue weighted by Crippen LogP contribution is 2.18. The normalized spacial score (nSPS) is 12.2. The van der Waals surface area contributed by atoms with Crippen molar-refractivity contribution in [2.24, 2.45) is 0 Å². The topological polar surface area (TPSA) is 21.3 Å². The van der Waals surface area contributed by atoms with E-state index in [1.807, 2.05) is 30.3 Å². The molecule has 1 N–H and O–H groups in total. The summed E-state index contributed by atoms with van der Waals surface area (Å²) in [5.74, 6) is 0.558. The van der Waals surface area contributed by atoms with Crippen molar-refractivity contribution in [3.05, 3.63) is 65.5 Å². The summed E-state index contributed by atoms with van der Waals surface area (Å²) in [4.78, 5) is 0. The van der Waals surface area contributed by atoms with Crippen LogP contribution in [0.3, 0.4) is 0 Å². The van der Waals surface area contributed by atoms with Crippen LogP contribution in [0.4, 0.5) is 4.39 Å². The fourth-order valence-electron chi connectivity index (χ4n) is 2.07. The summed E-state index contributed by atoms with van der Waals surface area (Å²) in [6.07, 6.45) is 0. The van der Waals surface area contributed by atoms with Crippen molar-refractivity contribution in [2.45, 2.75) is 26.5 Å². The maximum Gasteiger partial charge on any atom is 0.123 e. The quantitative estimate of drug-likeness (QED) is 0.856. The Morgan fingerprint density at radius 3 is 2.55 bits per heavy atom. The average Bonchev–Trinajstić information content (AvgIpc) is 2.46. The van der Waals surface area contributed by atoms with Crippen molar-refractivity contribution < 1.29 is 9.13 Å². The Kier molecular flexibility index (Phi) is 5.13. The summed E-state index contributed by atoms with van der Waals surface area (Å²) < 4.78 is 18.7. The molecule has 2 rings (SSSR count). The van der Waals surface area contributed by atoms with Gasteiger partial charge in [-0.1, -0.05) is 31.2 Å². The molecule has 0 aliphatic carbocycles. The lowest BCUT2D eigenvalue weighted by atomic mass is 10.1. The molecule has 0 saturated carbocycles. The van der Waals surface area contributed by atoms with E-state index >= 15 is 0 Å². The Morgan fingerprint density at radius 1 is 1.15 bits per heavy atom. The van der Waals surface area contributed by atoms with Crippen molar-refractivity contribution in [2.75, 3.05) is 6.54 Å². The molecule has 3 heteroatoms. The number of nitrogens with one attached hydrogen (secondary N) is 1. The van der Waals surface area contributed by atoms with Crippen LogP contribution in [0, 0.1) is 5.82 Å². The van der Waals surface area contributed by atoms with Gasteiger partial charge >= 0.3 is 0 Å². The lowest BCUT2D eigenvalue weighted by molar-refractivity contribution is 0.305. The number of rotatable bonds is 6. The molecule has 2 nitrogen and oxygen atoms in total. The molecule has 0 aromatic heterocycles. The zero-order valence-electron chi connectivity index (χ0n) is 11.9. The Balaban J connectivity index is 1.94. The van der Waals surface area contributed by atoms with Crippen LogP contribution in [-0.2, 0) is 6.61 Å². The summed E-state index contributed by atoms with van der Waals surface area (Å²) in [6, 6.07) is 14.8. The molecule has 20 heavy (non-hydrogen) atoms. The molecule has 1 unspecified atom stereocenters. The maximum absolute atomic E-state index is 13.0. The van der Waals surface area contributed by atoms with Crippen LogP contribution in [0.1, 0.15) is 31.0 Å².